The van der Waals surface area contributed by atoms with Crippen molar-refractivity contribution in [2.45, 2.75) is 39.2 Å². The van der Waals surface area contributed by atoms with E-state index in [1.165, 1.54) is 6.42 Å². The van der Waals surface area contributed by atoms with E-state index >= 15 is 0 Å². The van der Waals surface area contributed by atoms with Crippen LogP contribution in [-0.4, -0.2) is 42.7 Å². The Hall–Kier alpha value is -1.49. The van der Waals surface area contributed by atoms with Crippen molar-refractivity contribution in [3.63, 3.8) is 0 Å². The maximum absolute atomic E-state index is 5.89. The van der Waals surface area contributed by atoms with Crippen molar-refractivity contribution in [3.05, 3.63) is 12.1 Å². The lowest BCUT2D eigenvalue weighted by molar-refractivity contribution is 0.125. The molecule has 1 aromatic heterocycles. The number of hydrogen-bond acceptors (Lipinski definition) is 5. The van der Waals surface area contributed by atoms with Gasteiger partial charge in [0.15, 0.2) is 0 Å². The van der Waals surface area contributed by atoms with Gasteiger partial charge in [0.2, 0.25) is 5.88 Å². The molecule has 0 aliphatic heterocycles. The smallest absolute Gasteiger partial charge is 0.239 e. The molecule has 20 heavy (non-hydrogen) atoms. The van der Waals surface area contributed by atoms with Gasteiger partial charge >= 0.3 is 0 Å². The minimum atomic E-state index is -0.300. The van der Waals surface area contributed by atoms with Crippen LogP contribution < -0.4 is 15.8 Å². The van der Waals surface area contributed by atoms with E-state index in [9.17, 15) is 0 Å². The second kappa shape index (κ2) is 7.33. The van der Waals surface area contributed by atoms with Gasteiger partial charge in [-0.1, -0.05) is 0 Å². The summed E-state index contributed by atoms with van der Waals surface area (Å²) in [5.74, 6) is 1.30. The standard InChI is InChI=1S/C15H28N4O/c1-15(2,3)20-14-12(16)8-9-13(18-14)17-10-6-7-11-19(4)5/h8-9H,6-7,10-11,16H2,1-5H3,(H,17,18). The summed E-state index contributed by atoms with van der Waals surface area (Å²) in [5, 5.41) is 3.31. The largest absolute Gasteiger partial charge is 0.470 e. The van der Waals surface area contributed by atoms with Gasteiger partial charge in [0, 0.05) is 6.54 Å². The van der Waals surface area contributed by atoms with Crippen molar-refractivity contribution < 1.29 is 4.74 Å². The zero-order valence-electron chi connectivity index (χ0n) is 13.4. The minimum Gasteiger partial charge on any atom is -0.470 e. The molecule has 1 rings (SSSR count). The summed E-state index contributed by atoms with van der Waals surface area (Å²) in [7, 11) is 4.18. The van der Waals surface area contributed by atoms with Gasteiger partial charge < -0.3 is 20.7 Å². The van der Waals surface area contributed by atoms with Crippen LogP contribution >= 0.6 is 0 Å². The Labute approximate surface area is 122 Å². The summed E-state index contributed by atoms with van der Waals surface area (Å²) in [4.78, 5) is 6.61. The maximum Gasteiger partial charge on any atom is 0.239 e. The molecule has 114 valence electrons. The lowest BCUT2D eigenvalue weighted by atomic mass is 10.2. The number of anilines is 2. The highest BCUT2D eigenvalue weighted by Gasteiger charge is 2.15. The molecule has 1 aromatic rings. The van der Waals surface area contributed by atoms with Crippen LogP contribution in [0.4, 0.5) is 11.5 Å². The zero-order chi connectivity index (χ0) is 15.2. The van der Waals surface area contributed by atoms with Gasteiger partial charge in [-0.25, -0.2) is 0 Å². The number of nitrogens with one attached hydrogen (secondary N) is 1. The molecule has 0 amide bonds. The molecule has 5 nitrogen and oxygen atoms in total. The summed E-state index contributed by atoms with van der Waals surface area (Å²) in [6, 6.07) is 3.72. The van der Waals surface area contributed by atoms with Gasteiger partial charge in [0.1, 0.15) is 11.4 Å². The molecule has 0 saturated carbocycles. The monoisotopic (exact) mass is 280 g/mol. The fourth-order valence-electron chi connectivity index (χ4n) is 1.69. The lowest BCUT2D eigenvalue weighted by Gasteiger charge is -2.21. The van der Waals surface area contributed by atoms with Crippen LogP contribution in [0.3, 0.4) is 0 Å². The van der Waals surface area contributed by atoms with Crippen LogP contribution in [-0.2, 0) is 0 Å². The minimum absolute atomic E-state index is 0.300. The van der Waals surface area contributed by atoms with E-state index in [0.29, 0.717) is 11.6 Å². The number of nitrogens with zero attached hydrogens (tertiary/aromatic N) is 2. The van der Waals surface area contributed by atoms with E-state index in [2.05, 4.69) is 29.3 Å². The molecule has 0 unspecified atom stereocenters. The summed E-state index contributed by atoms with van der Waals surface area (Å²) in [6.07, 6.45) is 2.28. The topological polar surface area (TPSA) is 63.4 Å². The first kappa shape index (κ1) is 16.6. The highest BCUT2D eigenvalue weighted by molar-refractivity contribution is 5.53. The van der Waals surface area contributed by atoms with Crippen molar-refractivity contribution in [2.24, 2.45) is 0 Å². The summed E-state index contributed by atoms with van der Waals surface area (Å²) < 4.78 is 5.75. The number of rotatable bonds is 7. The van der Waals surface area contributed by atoms with Gasteiger partial charge in [-0.3, -0.25) is 0 Å². The molecule has 0 spiro atoms. The normalized spacial score (nSPS) is 11.7. The molecule has 0 bridgehead atoms. The Kier molecular flexibility index (Phi) is 6.07. The molecule has 0 saturated heterocycles. The molecular formula is C15H28N4O. The molecule has 0 atom stereocenters. The Morgan fingerprint density at radius 2 is 1.95 bits per heavy atom. The lowest BCUT2D eigenvalue weighted by Crippen LogP contribution is -2.24. The number of ether oxygens (including phenoxy) is 1. The first-order valence-corrected chi connectivity index (χ1v) is 7.12. The second-order valence-corrected chi connectivity index (χ2v) is 6.24. The van der Waals surface area contributed by atoms with Crippen molar-refractivity contribution in [1.82, 2.24) is 9.88 Å². The fraction of sp³-hybridized carbons (Fsp3) is 0.667. The predicted octanol–water partition coefficient (Wildman–Crippen LogP) is 2.59. The highest BCUT2D eigenvalue weighted by atomic mass is 16.5. The second-order valence-electron chi connectivity index (χ2n) is 6.24. The summed E-state index contributed by atoms with van der Waals surface area (Å²) in [5.41, 5.74) is 6.15. The third-order valence-electron chi connectivity index (χ3n) is 2.63. The van der Waals surface area contributed by atoms with E-state index in [1.54, 1.807) is 0 Å². The Morgan fingerprint density at radius 1 is 1.25 bits per heavy atom. The Bertz CT molecular complexity index is 413. The molecule has 3 N–H and O–H groups in total. The fourth-order valence-corrected chi connectivity index (χ4v) is 1.69. The number of hydrogen-bond donors (Lipinski definition) is 2. The van der Waals surface area contributed by atoms with Crippen LogP contribution in [0.25, 0.3) is 0 Å². The van der Waals surface area contributed by atoms with Crippen LogP contribution in [0.2, 0.25) is 0 Å². The maximum atomic E-state index is 5.89. The first-order chi connectivity index (χ1) is 9.28. The van der Waals surface area contributed by atoms with Gasteiger partial charge in [-0.15, -0.1) is 0 Å². The molecule has 0 aliphatic carbocycles. The molecule has 5 heteroatoms. The Balaban J connectivity index is 2.49. The van der Waals surface area contributed by atoms with Crippen molar-refractivity contribution in [3.8, 4) is 5.88 Å². The quantitative estimate of drug-likeness (QED) is 0.752. The number of unbranched alkanes of at least 4 members (excludes halogenated alkanes) is 1. The van der Waals surface area contributed by atoms with Crippen LogP contribution in [0, 0.1) is 0 Å². The van der Waals surface area contributed by atoms with E-state index in [1.807, 2.05) is 32.9 Å². The van der Waals surface area contributed by atoms with Gasteiger partial charge in [-0.05, 0) is 66.4 Å². The third kappa shape index (κ3) is 6.61. The van der Waals surface area contributed by atoms with E-state index < -0.39 is 0 Å². The van der Waals surface area contributed by atoms with E-state index in [-0.39, 0.29) is 5.60 Å². The molecule has 0 aliphatic rings. The van der Waals surface area contributed by atoms with Crippen LogP contribution in [0.15, 0.2) is 12.1 Å². The number of aromatic nitrogens is 1. The van der Waals surface area contributed by atoms with Gasteiger partial charge in [0.25, 0.3) is 0 Å². The van der Waals surface area contributed by atoms with E-state index in [4.69, 9.17) is 10.5 Å². The Morgan fingerprint density at radius 3 is 2.55 bits per heavy atom. The number of nitrogens with two attached hydrogens (primary N) is 1. The first-order valence-electron chi connectivity index (χ1n) is 7.12. The van der Waals surface area contributed by atoms with E-state index in [0.717, 1.165) is 25.3 Å². The van der Waals surface area contributed by atoms with Gasteiger partial charge in [0.05, 0.1) is 5.69 Å². The average Bonchev–Trinajstić information content (AvgIpc) is 2.30. The third-order valence-corrected chi connectivity index (χ3v) is 2.63. The summed E-state index contributed by atoms with van der Waals surface area (Å²) >= 11 is 0. The predicted molar refractivity (Wildman–Crippen MR) is 85.3 cm³/mol. The van der Waals surface area contributed by atoms with Crippen LogP contribution in [0.5, 0.6) is 5.88 Å². The molecule has 0 aromatic carbocycles. The van der Waals surface area contributed by atoms with Crippen molar-refractivity contribution in [2.75, 3.05) is 38.2 Å². The summed E-state index contributed by atoms with van der Waals surface area (Å²) in [6.45, 7) is 7.95. The zero-order valence-corrected chi connectivity index (χ0v) is 13.4. The number of nitrogen functional groups attached to an aromatic ring is 1. The van der Waals surface area contributed by atoms with Crippen molar-refractivity contribution >= 4 is 11.5 Å². The van der Waals surface area contributed by atoms with Gasteiger partial charge in [-0.2, -0.15) is 4.98 Å². The molecule has 1 heterocycles. The highest BCUT2D eigenvalue weighted by Crippen LogP contribution is 2.24. The molecule has 0 radical (unpaired) electrons. The number of pyridine rings is 1. The SMILES string of the molecule is CN(C)CCCCNc1ccc(N)c(OC(C)(C)C)n1. The molecule has 0 fully saturated rings. The average molecular weight is 280 g/mol. The molecular weight excluding hydrogens is 252 g/mol. The van der Waals surface area contributed by atoms with Crippen LogP contribution in [0.1, 0.15) is 33.6 Å². The van der Waals surface area contributed by atoms with Crippen molar-refractivity contribution in [1.29, 1.82) is 0 Å².